The topological polar surface area (TPSA) is 212 Å². The molecule has 0 radical (unpaired) electrons. The molecule has 19 nitrogen and oxygen atoms in total. The first-order valence-electron chi connectivity index (χ1n) is 42.9. The highest BCUT2D eigenvalue weighted by Gasteiger charge is 2.28. The fourth-order valence-electron chi connectivity index (χ4n) is 17.1. The Morgan fingerprint density at radius 1 is 0.159 bits per heavy atom. The molecular formula is C113H67N19. The van der Waals surface area contributed by atoms with Crippen LogP contribution in [0.1, 0.15) is 0 Å². The molecule has 7 aromatic heterocycles. The normalized spacial score (nSPS) is 11.3. The number of benzene rings is 16. The van der Waals surface area contributed by atoms with Gasteiger partial charge in [0.05, 0.1) is 40.9 Å². The Kier molecular flexibility index (Phi) is 19.8. The Bertz CT molecular complexity index is 7910. The zero-order valence-corrected chi connectivity index (χ0v) is 70.2. The third-order valence-electron chi connectivity index (χ3n) is 23.4. The average molecular weight is 1690 g/mol. The van der Waals surface area contributed by atoms with Crippen molar-refractivity contribution in [1.82, 2.24) is 83.9 Å². The van der Waals surface area contributed by atoms with Crippen LogP contribution in [0.5, 0.6) is 0 Å². The van der Waals surface area contributed by atoms with Gasteiger partial charge in [0, 0.05) is 111 Å². The van der Waals surface area contributed by atoms with E-state index < -0.39 is 0 Å². The molecule has 132 heavy (non-hydrogen) atoms. The fraction of sp³-hybridized carbons (Fsp3) is 0. The van der Waals surface area contributed by atoms with E-state index in [0.29, 0.717) is 121 Å². The largest absolute Gasteiger partial charge is 0.310 e. The minimum absolute atomic E-state index is 0.307. The van der Waals surface area contributed by atoms with Crippen LogP contribution in [0.4, 0.5) is 11.4 Å². The number of rotatable bonds is 18. The van der Waals surface area contributed by atoms with Crippen molar-refractivity contribution in [3.05, 3.63) is 429 Å². The molecule has 0 bridgehead atoms. The van der Waals surface area contributed by atoms with Crippen LogP contribution in [0.2, 0.25) is 0 Å². The van der Waals surface area contributed by atoms with Crippen LogP contribution in [0.25, 0.3) is 247 Å². The molecule has 0 saturated carbocycles. The summed E-state index contributed by atoms with van der Waals surface area (Å²) in [6.45, 7) is 17.4. The first-order valence-corrected chi connectivity index (χ1v) is 42.9. The van der Waals surface area contributed by atoms with Crippen molar-refractivity contribution in [2.75, 3.05) is 0 Å². The lowest BCUT2D eigenvalue weighted by Gasteiger charge is -2.18. The standard InChI is InChI=1S/C113H67N19/c1-114-84-57-59-87(98(69-84)132-95-62-55-82(110-124-103(74-40-20-7-21-41-74)118-104(125-110)75-42-22-8-23-43-75)66-90(95)91-67-83(56-63-96(91)132)111-126-105(76-44-24-9-25-45-76)119-106(127-111)77-46-26-10-27-47-77)113-129-107(78-48-28-11-29-49-78)128-112(130-113)86-58-52-79(85-50-30-31-51-92(85)115-2)68-97(86)131-93-60-53-80(108-120-99(70-32-12-3-13-33-70)116-100(121-108)71-34-14-4-15-35-71)64-88(93)89-65-81(54-61-94(89)131)109-122-101(72-36-16-5-17-37-72)117-102(123-109)73-38-18-6-19-39-73/h3-69H. The van der Waals surface area contributed by atoms with E-state index in [1.807, 2.05) is 340 Å². The molecule has 0 aliphatic carbocycles. The monoisotopic (exact) mass is 1690 g/mol. The molecule has 23 aromatic rings. The Labute approximate surface area is 756 Å². The predicted molar refractivity (Wildman–Crippen MR) is 522 cm³/mol. The lowest BCUT2D eigenvalue weighted by atomic mass is 10.00. The molecule has 0 aliphatic rings. The first-order chi connectivity index (χ1) is 65.3. The minimum atomic E-state index is 0.307. The molecule has 0 N–H and O–H groups in total. The smallest absolute Gasteiger partial charge is 0.194 e. The highest BCUT2D eigenvalue weighted by Crippen LogP contribution is 2.46. The number of hydrogen-bond donors (Lipinski definition) is 0. The van der Waals surface area contributed by atoms with E-state index in [1.165, 1.54) is 0 Å². The summed E-state index contributed by atoms with van der Waals surface area (Å²) >= 11 is 0. The summed E-state index contributed by atoms with van der Waals surface area (Å²) in [5, 5.41) is 3.33. The Hall–Kier alpha value is -18.9. The van der Waals surface area contributed by atoms with Crippen molar-refractivity contribution in [2.24, 2.45) is 0 Å². The number of para-hydroxylation sites is 1. The second-order valence-corrected chi connectivity index (χ2v) is 31.6. The van der Waals surface area contributed by atoms with E-state index >= 15 is 0 Å². The molecule has 614 valence electrons. The molecule has 19 heteroatoms. The number of aromatic nitrogens is 17. The molecule has 0 atom stereocenters. The maximum Gasteiger partial charge on any atom is 0.194 e. The zero-order chi connectivity index (χ0) is 88.0. The van der Waals surface area contributed by atoms with Gasteiger partial charge in [0.15, 0.2) is 98.7 Å². The Morgan fingerprint density at radius 2 is 0.371 bits per heavy atom. The summed E-state index contributed by atoms with van der Waals surface area (Å²) in [5.74, 6) is 7.00. The predicted octanol–water partition coefficient (Wildman–Crippen LogP) is 26.6. The molecule has 0 unspecified atom stereocenters. The fourth-order valence-corrected chi connectivity index (χ4v) is 17.1. The molecule has 0 saturated heterocycles. The average Bonchev–Trinajstić information content (AvgIpc) is 1.58. The maximum absolute atomic E-state index is 8.81. The van der Waals surface area contributed by atoms with Gasteiger partial charge in [0.25, 0.3) is 0 Å². The van der Waals surface area contributed by atoms with E-state index in [2.05, 4.69) is 85.6 Å². The quantitative estimate of drug-likeness (QED) is 0.0731. The van der Waals surface area contributed by atoms with Gasteiger partial charge in [-0.1, -0.05) is 315 Å². The zero-order valence-electron chi connectivity index (χ0n) is 70.2. The van der Waals surface area contributed by atoms with Gasteiger partial charge in [0.1, 0.15) is 0 Å². The molecule has 16 aromatic carbocycles. The van der Waals surface area contributed by atoms with E-state index in [9.17, 15) is 0 Å². The molecule has 23 rings (SSSR count). The van der Waals surface area contributed by atoms with Crippen LogP contribution in [0.15, 0.2) is 406 Å². The van der Waals surface area contributed by atoms with Crippen molar-refractivity contribution in [1.29, 1.82) is 0 Å². The lowest BCUT2D eigenvalue weighted by molar-refractivity contribution is 1.06. The summed E-state index contributed by atoms with van der Waals surface area (Å²) in [5.41, 5.74) is 18.3. The van der Waals surface area contributed by atoms with Crippen molar-refractivity contribution < 1.29 is 0 Å². The molecular weight excluding hydrogens is 1620 g/mol. The van der Waals surface area contributed by atoms with Crippen molar-refractivity contribution in [2.45, 2.75) is 0 Å². The third kappa shape index (κ3) is 14.8. The SMILES string of the molecule is [C-]#[N+]c1ccc(-c2nc(-c3ccccc3)nc(-c3ccc(-c4ccccc4[N+]#[C-])cc3-n3c4ccc(-c5nc(-c6ccccc6)nc(-c6ccccc6)n5)cc4c4cc(-c5nc(-c6ccccc6)nc(-c6ccccc6)n5)ccc43)n2)c(-n2c3ccc(-c4nc(-c5ccccc5)nc(-c5ccccc5)n4)cc3c3cc(-c4nc(-c5ccccc5)nc(-c5ccccc5)n4)ccc32)c1. The van der Waals surface area contributed by atoms with Crippen LogP contribution >= 0.6 is 0 Å². The molecule has 0 amide bonds. The van der Waals surface area contributed by atoms with Gasteiger partial charge in [0.2, 0.25) is 0 Å². The molecule has 0 fully saturated rings. The van der Waals surface area contributed by atoms with Crippen molar-refractivity contribution >= 4 is 55.0 Å². The Morgan fingerprint density at radius 3 is 0.629 bits per heavy atom. The van der Waals surface area contributed by atoms with Crippen LogP contribution in [0, 0.1) is 13.1 Å². The first kappa shape index (κ1) is 77.9. The Balaban J connectivity index is 0.763. The highest BCUT2D eigenvalue weighted by molar-refractivity contribution is 6.14. The van der Waals surface area contributed by atoms with Gasteiger partial charge in [-0.2, -0.15) is 0 Å². The number of nitrogens with zero attached hydrogens (tertiary/aromatic N) is 19. The van der Waals surface area contributed by atoms with Crippen LogP contribution in [0.3, 0.4) is 0 Å². The van der Waals surface area contributed by atoms with Gasteiger partial charge < -0.3 is 9.13 Å². The van der Waals surface area contributed by atoms with Crippen LogP contribution < -0.4 is 0 Å². The summed E-state index contributed by atoms with van der Waals surface area (Å²) in [6.07, 6.45) is 0. The lowest BCUT2D eigenvalue weighted by Crippen LogP contribution is -2.06. The van der Waals surface area contributed by atoms with E-state index in [-0.39, 0.29) is 0 Å². The van der Waals surface area contributed by atoms with Gasteiger partial charge >= 0.3 is 0 Å². The van der Waals surface area contributed by atoms with E-state index in [4.69, 9.17) is 87.9 Å². The highest BCUT2D eigenvalue weighted by atomic mass is 15.1. The van der Waals surface area contributed by atoms with Gasteiger partial charge in [-0.25, -0.2) is 84.4 Å². The molecule has 7 heterocycles. The summed E-state index contributed by atoms with van der Waals surface area (Å²) in [6, 6.07) is 134. The summed E-state index contributed by atoms with van der Waals surface area (Å²) in [4.78, 5) is 87.7. The van der Waals surface area contributed by atoms with Crippen LogP contribution in [-0.4, -0.2) is 83.9 Å². The molecule has 0 aliphatic heterocycles. The molecule has 0 spiro atoms. The second kappa shape index (κ2) is 33.6. The second-order valence-electron chi connectivity index (χ2n) is 31.6. The van der Waals surface area contributed by atoms with Crippen molar-refractivity contribution in [3.63, 3.8) is 0 Å². The number of fused-ring (bicyclic) bond motifs is 6. The van der Waals surface area contributed by atoms with E-state index in [1.54, 1.807) is 0 Å². The van der Waals surface area contributed by atoms with Gasteiger partial charge in [-0.3, -0.25) is 0 Å². The number of hydrogen-bond acceptors (Lipinski definition) is 15. The van der Waals surface area contributed by atoms with E-state index in [0.717, 1.165) is 127 Å². The summed E-state index contributed by atoms with van der Waals surface area (Å²) in [7, 11) is 0. The summed E-state index contributed by atoms with van der Waals surface area (Å²) < 4.78 is 4.43. The minimum Gasteiger partial charge on any atom is -0.310 e. The maximum atomic E-state index is 8.81. The van der Waals surface area contributed by atoms with Gasteiger partial charge in [-0.15, -0.1) is 0 Å². The van der Waals surface area contributed by atoms with Crippen molar-refractivity contribution in [3.8, 4) is 193 Å². The third-order valence-corrected chi connectivity index (χ3v) is 23.4. The van der Waals surface area contributed by atoms with Gasteiger partial charge in [-0.05, 0) is 102 Å². The van der Waals surface area contributed by atoms with Crippen LogP contribution in [-0.2, 0) is 0 Å².